The molecule has 1 saturated heterocycles. The molecule has 1 aromatic rings. The van der Waals surface area contributed by atoms with Crippen LogP contribution in [0.4, 0.5) is 11.6 Å². The minimum atomic E-state index is 0.335. The smallest absolute Gasteiger partial charge is 0.136 e. The quantitative estimate of drug-likeness (QED) is 0.824. The molecule has 3 rings (SSSR count). The normalized spacial score (nSPS) is 22.5. The first-order valence-electron chi connectivity index (χ1n) is 7.33. The molecule has 0 spiro atoms. The van der Waals surface area contributed by atoms with Crippen LogP contribution in [0.5, 0.6) is 0 Å². The number of anilines is 2. The second-order valence-electron chi connectivity index (χ2n) is 5.32. The monoisotopic (exact) mass is 262 g/mol. The second kappa shape index (κ2) is 5.74. The van der Waals surface area contributed by atoms with Gasteiger partial charge in [0.15, 0.2) is 0 Å². The fourth-order valence-electron chi connectivity index (χ4n) is 2.38. The Balaban J connectivity index is 1.67. The molecule has 1 unspecified atom stereocenters. The number of nitrogens with zero attached hydrogens (tertiary/aromatic N) is 2. The van der Waals surface area contributed by atoms with Crippen molar-refractivity contribution in [1.29, 1.82) is 0 Å². The zero-order valence-corrected chi connectivity index (χ0v) is 11.5. The van der Waals surface area contributed by atoms with E-state index in [1.807, 2.05) is 6.07 Å². The molecule has 19 heavy (non-hydrogen) atoms. The number of hydrogen-bond donors (Lipinski definition) is 2. The molecule has 1 aliphatic heterocycles. The maximum absolute atomic E-state index is 5.62. The fraction of sp³-hybridized carbons (Fsp3) is 0.714. The van der Waals surface area contributed by atoms with Crippen LogP contribution in [0.3, 0.4) is 0 Å². The van der Waals surface area contributed by atoms with Gasteiger partial charge in [-0.15, -0.1) is 0 Å². The van der Waals surface area contributed by atoms with Crippen molar-refractivity contribution in [3.63, 3.8) is 0 Å². The standard InChI is InChI=1S/C14H22N4O/c1-2-15-12-8-13(16-9-11-4-3-7-19-11)18-14(17-12)10-5-6-10/h8,10-11H,2-7,9H2,1H3,(H2,15,16,17,18). The average Bonchev–Trinajstić information content (AvgIpc) is 3.14. The van der Waals surface area contributed by atoms with Gasteiger partial charge in [0.1, 0.15) is 17.5 Å². The Bertz CT molecular complexity index is 427. The molecular formula is C14H22N4O. The molecular weight excluding hydrogens is 240 g/mol. The summed E-state index contributed by atoms with van der Waals surface area (Å²) in [5.41, 5.74) is 0. The number of nitrogens with one attached hydrogen (secondary N) is 2. The van der Waals surface area contributed by atoms with Crippen molar-refractivity contribution in [1.82, 2.24) is 9.97 Å². The van der Waals surface area contributed by atoms with Crippen LogP contribution >= 0.6 is 0 Å². The molecule has 1 aliphatic carbocycles. The van der Waals surface area contributed by atoms with E-state index in [4.69, 9.17) is 4.74 Å². The van der Waals surface area contributed by atoms with E-state index in [-0.39, 0.29) is 0 Å². The van der Waals surface area contributed by atoms with Crippen molar-refractivity contribution in [2.45, 2.75) is 44.6 Å². The summed E-state index contributed by atoms with van der Waals surface area (Å²) >= 11 is 0. The first-order valence-corrected chi connectivity index (χ1v) is 7.33. The Hall–Kier alpha value is -1.36. The average molecular weight is 262 g/mol. The highest BCUT2D eigenvalue weighted by atomic mass is 16.5. The topological polar surface area (TPSA) is 59.1 Å². The molecule has 2 aliphatic rings. The van der Waals surface area contributed by atoms with Crippen LogP contribution in [-0.4, -0.2) is 35.8 Å². The zero-order chi connectivity index (χ0) is 13.1. The van der Waals surface area contributed by atoms with Crippen LogP contribution < -0.4 is 10.6 Å². The van der Waals surface area contributed by atoms with E-state index in [1.165, 1.54) is 19.3 Å². The molecule has 2 N–H and O–H groups in total. The lowest BCUT2D eigenvalue weighted by Crippen LogP contribution is -2.19. The molecule has 0 aromatic carbocycles. The van der Waals surface area contributed by atoms with E-state index >= 15 is 0 Å². The van der Waals surface area contributed by atoms with Crippen LogP contribution in [0.15, 0.2) is 6.07 Å². The number of aromatic nitrogens is 2. The van der Waals surface area contributed by atoms with Gasteiger partial charge < -0.3 is 15.4 Å². The minimum Gasteiger partial charge on any atom is -0.376 e. The van der Waals surface area contributed by atoms with Gasteiger partial charge >= 0.3 is 0 Å². The molecule has 1 saturated carbocycles. The molecule has 5 nitrogen and oxygen atoms in total. The first kappa shape index (κ1) is 12.7. The minimum absolute atomic E-state index is 0.335. The third-order valence-electron chi connectivity index (χ3n) is 3.58. The predicted octanol–water partition coefficient (Wildman–Crippen LogP) is 2.38. The SMILES string of the molecule is CCNc1cc(NCC2CCCO2)nc(C2CC2)n1. The summed E-state index contributed by atoms with van der Waals surface area (Å²) in [7, 11) is 0. The van der Waals surface area contributed by atoms with Gasteiger partial charge in [0.25, 0.3) is 0 Å². The number of hydrogen-bond acceptors (Lipinski definition) is 5. The third-order valence-corrected chi connectivity index (χ3v) is 3.58. The molecule has 2 fully saturated rings. The van der Waals surface area contributed by atoms with Gasteiger partial charge in [-0.1, -0.05) is 0 Å². The van der Waals surface area contributed by atoms with Crippen LogP contribution in [-0.2, 0) is 4.74 Å². The molecule has 5 heteroatoms. The molecule has 0 radical (unpaired) electrons. The summed E-state index contributed by atoms with van der Waals surface area (Å²) in [5.74, 6) is 3.40. The maximum Gasteiger partial charge on any atom is 0.136 e. The summed E-state index contributed by atoms with van der Waals surface area (Å²) in [6.45, 7) is 4.70. The van der Waals surface area contributed by atoms with Gasteiger partial charge in [0, 0.05) is 31.7 Å². The Morgan fingerprint density at radius 2 is 2.00 bits per heavy atom. The largest absolute Gasteiger partial charge is 0.376 e. The molecule has 0 bridgehead atoms. The Kier molecular flexibility index (Phi) is 3.82. The van der Waals surface area contributed by atoms with Gasteiger partial charge in [-0.25, -0.2) is 9.97 Å². The van der Waals surface area contributed by atoms with Crippen molar-refractivity contribution in [3.05, 3.63) is 11.9 Å². The Morgan fingerprint density at radius 3 is 2.63 bits per heavy atom. The maximum atomic E-state index is 5.62. The van der Waals surface area contributed by atoms with Crippen molar-refractivity contribution >= 4 is 11.6 Å². The number of ether oxygens (including phenoxy) is 1. The van der Waals surface area contributed by atoms with Crippen molar-refractivity contribution in [2.75, 3.05) is 30.3 Å². The third kappa shape index (κ3) is 3.35. The van der Waals surface area contributed by atoms with E-state index in [0.717, 1.165) is 43.6 Å². The van der Waals surface area contributed by atoms with E-state index in [1.54, 1.807) is 0 Å². The van der Waals surface area contributed by atoms with Gasteiger partial charge in [0.2, 0.25) is 0 Å². The van der Waals surface area contributed by atoms with E-state index in [9.17, 15) is 0 Å². The van der Waals surface area contributed by atoms with Gasteiger partial charge in [-0.05, 0) is 32.6 Å². The van der Waals surface area contributed by atoms with Crippen molar-refractivity contribution in [3.8, 4) is 0 Å². The van der Waals surface area contributed by atoms with Crippen LogP contribution in [0.1, 0.15) is 44.3 Å². The van der Waals surface area contributed by atoms with E-state index in [0.29, 0.717) is 12.0 Å². The fourth-order valence-corrected chi connectivity index (χ4v) is 2.38. The van der Waals surface area contributed by atoms with E-state index in [2.05, 4.69) is 27.5 Å². The van der Waals surface area contributed by atoms with Crippen LogP contribution in [0.25, 0.3) is 0 Å². The molecule has 1 aromatic heterocycles. The highest BCUT2D eigenvalue weighted by molar-refractivity contribution is 5.48. The predicted molar refractivity (Wildman–Crippen MR) is 75.6 cm³/mol. The van der Waals surface area contributed by atoms with Crippen LogP contribution in [0, 0.1) is 0 Å². The summed E-state index contributed by atoms with van der Waals surface area (Å²) < 4.78 is 5.62. The molecule has 0 amide bonds. The molecule has 1 atom stereocenters. The lowest BCUT2D eigenvalue weighted by atomic mass is 10.2. The number of rotatable bonds is 6. The zero-order valence-electron chi connectivity index (χ0n) is 11.5. The summed E-state index contributed by atoms with van der Waals surface area (Å²) in [5, 5.41) is 6.67. The summed E-state index contributed by atoms with van der Waals surface area (Å²) in [6.07, 6.45) is 5.10. The second-order valence-corrected chi connectivity index (χ2v) is 5.32. The first-order chi connectivity index (χ1) is 9.35. The van der Waals surface area contributed by atoms with Gasteiger partial charge in [0.05, 0.1) is 6.10 Å². The van der Waals surface area contributed by atoms with Crippen LogP contribution in [0.2, 0.25) is 0 Å². The summed E-state index contributed by atoms with van der Waals surface area (Å²) in [4.78, 5) is 9.19. The summed E-state index contributed by atoms with van der Waals surface area (Å²) in [6, 6.07) is 1.99. The highest BCUT2D eigenvalue weighted by Crippen LogP contribution is 2.38. The highest BCUT2D eigenvalue weighted by Gasteiger charge is 2.27. The van der Waals surface area contributed by atoms with E-state index < -0.39 is 0 Å². The molecule has 2 heterocycles. The lowest BCUT2D eigenvalue weighted by Gasteiger charge is -2.13. The van der Waals surface area contributed by atoms with Gasteiger partial charge in [-0.2, -0.15) is 0 Å². The Labute approximate surface area is 114 Å². The van der Waals surface area contributed by atoms with Crippen molar-refractivity contribution in [2.24, 2.45) is 0 Å². The lowest BCUT2D eigenvalue weighted by molar-refractivity contribution is 0.120. The van der Waals surface area contributed by atoms with Gasteiger partial charge in [-0.3, -0.25) is 0 Å². The van der Waals surface area contributed by atoms with Crippen molar-refractivity contribution < 1.29 is 4.74 Å². The Morgan fingerprint density at radius 1 is 1.21 bits per heavy atom. The molecule has 104 valence electrons.